The first-order valence-corrected chi connectivity index (χ1v) is 6.44. The molecule has 1 aliphatic carbocycles. The Balaban J connectivity index is 2.00. The summed E-state index contributed by atoms with van der Waals surface area (Å²) in [6.07, 6.45) is 0.758. The third-order valence-electron chi connectivity index (χ3n) is 3.32. The van der Waals surface area contributed by atoms with Crippen LogP contribution >= 0.6 is 23.2 Å². The molecule has 0 radical (unpaired) electrons. The van der Waals surface area contributed by atoms with Gasteiger partial charge in [0.15, 0.2) is 0 Å². The predicted molar refractivity (Wildman–Crippen MR) is 70.4 cm³/mol. The zero-order valence-electron chi connectivity index (χ0n) is 9.84. The molecule has 0 bridgehead atoms. The molecule has 1 saturated carbocycles. The average molecular weight is 272 g/mol. The van der Waals surface area contributed by atoms with Gasteiger partial charge < -0.3 is 5.32 Å². The zero-order valence-corrected chi connectivity index (χ0v) is 11.3. The van der Waals surface area contributed by atoms with Gasteiger partial charge in [-0.3, -0.25) is 4.79 Å². The summed E-state index contributed by atoms with van der Waals surface area (Å²) < 4.78 is 0. The molecule has 17 heavy (non-hydrogen) atoms. The number of hydrogen-bond acceptors (Lipinski definition) is 1. The van der Waals surface area contributed by atoms with E-state index >= 15 is 0 Å². The fraction of sp³-hybridized carbons (Fsp3) is 0.462. The maximum absolute atomic E-state index is 11.9. The summed E-state index contributed by atoms with van der Waals surface area (Å²) in [7, 11) is 0. The van der Waals surface area contributed by atoms with Crippen molar-refractivity contribution in [2.75, 3.05) is 0 Å². The first-order valence-electron chi connectivity index (χ1n) is 5.69. The molecule has 1 aromatic carbocycles. The van der Waals surface area contributed by atoms with Gasteiger partial charge in [0.05, 0.1) is 6.04 Å². The van der Waals surface area contributed by atoms with Crippen LogP contribution in [-0.4, -0.2) is 10.8 Å². The number of carbonyl (C=O) groups excluding carboxylic acids is 1. The maximum Gasteiger partial charge on any atom is 0.241 e. The second-order valence-electron chi connectivity index (χ2n) is 4.71. The van der Waals surface area contributed by atoms with Gasteiger partial charge in [-0.05, 0) is 37.0 Å². The molecule has 1 N–H and O–H groups in total. The third-order valence-corrected chi connectivity index (χ3v) is 4.27. The Morgan fingerprint density at radius 1 is 1.47 bits per heavy atom. The van der Waals surface area contributed by atoms with E-state index in [1.807, 2.05) is 38.1 Å². The van der Waals surface area contributed by atoms with Crippen LogP contribution in [-0.2, 0) is 4.79 Å². The quantitative estimate of drug-likeness (QED) is 0.838. The van der Waals surface area contributed by atoms with Crippen molar-refractivity contribution in [3.8, 4) is 0 Å². The lowest BCUT2D eigenvalue weighted by molar-refractivity contribution is -0.122. The molecule has 3 unspecified atom stereocenters. The van der Waals surface area contributed by atoms with Gasteiger partial charge >= 0.3 is 0 Å². The van der Waals surface area contributed by atoms with Gasteiger partial charge in [0, 0.05) is 5.02 Å². The summed E-state index contributed by atoms with van der Waals surface area (Å²) in [6.45, 7) is 3.92. The highest BCUT2D eigenvalue weighted by molar-refractivity contribution is 6.37. The standard InChI is InChI=1S/C13H15Cl2NO/c1-8-7-13(8,15)12(17)16-9(2)10-3-5-11(14)6-4-10/h3-6,8-9H,7H2,1-2H3,(H,16,17). The summed E-state index contributed by atoms with van der Waals surface area (Å²) in [5.74, 6) is 0.190. The number of hydrogen-bond donors (Lipinski definition) is 1. The summed E-state index contributed by atoms with van der Waals surface area (Å²) in [6, 6.07) is 7.39. The van der Waals surface area contributed by atoms with Gasteiger partial charge in [-0.1, -0.05) is 30.7 Å². The van der Waals surface area contributed by atoms with Crippen molar-refractivity contribution < 1.29 is 4.79 Å². The lowest BCUT2D eigenvalue weighted by atomic mass is 10.1. The van der Waals surface area contributed by atoms with Crippen molar-refractivity contribution in [3.63, 3.8) is 0 Å². The largest absolute Gasteiger partial charge is 0.348 e. The summed E-state index contributed by atoms with van der Waals surface area (Å²) in [5, 5.41) is 3.63. The van der Waals surface area contributed by atoms with Gasteiger partial charge in [-0.15, -0.1) is 11.6 Å². The molecule has 0 aliphatic heterocycles. The predicted octanol–water partition coefficient (Wildman–Crippen LogP) is 3.53. The van der Waals surface area contributed by atoms with Crippen molar-refractivity contribution in [2.24, 2.45) is 5.92 Å². The van der Waals surface area contributed by atoms with Gasteiger partial charge in [0.1, 0.15) is 4.87 Å². The maximum atomic E-state index is 11.9. The molecule has 0 spiro atoms. The molecule has 92 valence electrons. The normalized spacial score (nSPS) is 28.6. The molecule has 1 aliphatic rings. The molecular formula is C13H15Cl2NO. The Morgan fingerprint density at radius 2 is 2.00 bits per heavy atom. The lowest BCUT2D eigenvalue weighted by Gasteiger charge is -2.17. The Kier molecular flexibility index (Phi) is 3.37. The SMILES string of the molecule is CC(NC(=O)C1(Cl)CC1C)c1ccc(Cl)cc1. The zero-order chi connectivity index (χ0) is 12.6. The Labute approximate surface area is 111 Å². The van der Waals surface area contributed by atoms with Gasteiger partial charge in [-0.2, -0.15) is 0 Å². The van der Waals surface area contributed by atoms with Crippen LogP contribution < -0.4 is 5.32 Å². The highest BCUT2D eigenvalue weighted by atomic mass is 35.5. The molecule has 3 atom stereocenters. The van der Waals surface area contributed by atoms with E-state index in [4.69, 9.17) is 23.2 Å². The second kappa shape index (κ2) is 4.51. The van der Waals surface area contributed by atoms with E-state index in [0.29, 0.717) is 5.02 Å². The molecule has 1 amide bonds. The molecule has 2 nitrogen and oxygen atoms in total. The molecule has 1 aromatic rings. The van der Waals surface area contributed by atoms with Crippen molar-refractivity contribution >= 4 is 29.1 Å². The van der Waals surface area contributed by atoms with Crippen LogP contribution in [0.2, 0.25) is 5.02 Å². The molecule has 2 rings (SSSR count). The van der Waals surface area contributed by atoms with Crippen LogP contribution in [0.4, 0.5) is 0 Å². The van der Waals surface area contributed by atoms with Crippen molar-refractivity contribution in [3.05, 3.63) is 34.9 Å². The van der Waals surface area contributed by atoms with E-state index in [9.17, 15) is 4.79 Å². The van der Waals surface area contributed by atoms with Gasteiger partial charge in [0.2, 0.25) is 5.91 Å². The number of carbonyl (C=O) groups is 1. The molecule has 0 heterocycles. The van der Waals surface area contributed by atoms with Crippen LogP contribution in [0.5, 0.6) is 0 Å². The number of rotatable bonds is 3. The fourth-order valence-corrected chi connectivity index (χ4v) is 2.27. The Bertz CT molecular complexity index is 432. The summed E-state index contributed by atoms with van der Waals surface area (Å²) >= 11 is 12.0. The molecule has 0 saturated heterocycles. The lowest BCUT2D eigenvalue weighted by Crippen LogP contribution is -2.35. The minimum atomic E-state index is -0.680. The highest BCUT2D eigenvalue weighted by Gasteiger charge is 2.56. The Hall–Kier alpha value is -0.730. The van der Waals surface area contributed by atoms with E-state index < -0.39 is 4.87 Å². The molecule has 4 heteroatoms. The van der Waals surface area contributed by atoms with Gasteiger partial charge in [0.25, 0.3) is 0 Å². The topological polar surface area (TPSA) is 29.1 Å². The number of halogens is 2. The molecular weight excluding hydrogens is 257 g/mol. The minimum Gasteiger partial charge on any atom is -0.348 e. The summed E-state index contributed by atoms with van der Waals surface area (Å²) in [5.41, 5.74) is 1.02. The smallest absolute Gasteiger partial charge is 0.241 e. The number of benzene rings is 1. The minimum absolute atomic E-state index is 0.0526. The van der Waals surface area contributed by atoms with E-state index in [2.05, 4.69) is 5.32 Å². The van der Waals surface area contributed by atoms with Crippen LogP contribution in [0.15, 0.2) is 24.3 Å². The number of alkyl halides is 1. The number of nitrogens with one attached hydrogen (secondary N) is 1. The Morgan fingerprint density at radius 3 is 2.47 bits per heavy atom. The second-order valence-corrected chi connectivity index (χ2v) is 5.83. The van der Waals surface area contributed by atoms with E-state index in [1.54, 1.807) is 0 Å². The fourth-order valence-electron chi connectivity index (χ4n) is 1.85. The van der Waals surface area contributed by atoms with E-state index in [0.717, 1.165) is 12.0 Å². The van der Waals surface area contributed by atoms with Crippen LogP contribution in [0.25, 0.3) is 0 Å². The first-order chi connectivity index (χ1) is 7.93. The van der Waals surface area contributed by atoms with E-state index in [-0.39, 0.29) is 17.9 Å². The van der Waals surface area contributed by atoms with Crippen LogP contribution in [0.1, 0.15) is 31.9 Å². The molecule has 0 aromatic heterocycles. The first kappa shape index (κ1) is 12.7. The molecule has 1 fully saturated rings. The van der Waals surface area contributed by atoms with Crippen LogP contribution in [0, 0.1) is 5.92 Å². The van der Waals surface area contributed by atoms with Crippen molar-refractivity contribution in [1.29, 1.82) is 0 Å². The monoisotopic (exact) mass is 271 g/mol. The number of amides is 1. The van der Waals surface area contributed by atoms with E-state index in [1.165, 1.54) is 0 Å². The van der Waals surface area contributed by atoms with Gasteiger partial charge in [-0.25, -0.2) is 0 Å². The summed E-state index contributed by atoms with van der Waals surface area (Å²) in [4.78, 5) is 11.2. The van der Waals surface area contributed by atoms with Crippen molar-refractivity contribution in [2.45, 2.75) is 31.2 Å². The van der Waals surface area contributed by atoms with Crippen LogP contribution in [0.3, 0.4) is 0 Å². The van der Waals surface area contributed by atoms with Crippen molar-refractivity contribution in [1.82, 2.24) is 5.32 Å². The average Bonchev–Trinajstić information content (AvgIpc) is 2.89. The highest BCUT2D eigenvalue weighted by Crippen LogP contribution is 2.49. The third kappa shape index (κ3) is 2.58.